The summed E-state index contributed by atoms with van der Waals surface area (Å²) < 4.78 is 0. The maximum Gasteiger partial charge on any atom is 0.139 e. The minimum Gasteiger partial charge on any atom is -0.299 e. The van der Waals surface area contributed by atoms with Gasteiger partial charge in [0.05, 0.1) is 0 Å². The lowest BCUT2D eigenvalue weighted by Gasteiger charge is -2.59. The second kappa shape index (κ2) is 6.13. The van der Waals surface area contributed by atoms with Crippen LogP contribution < -0.4 is 0 Å². The fourth-order valence-corrected chi connectivity index (χ4v) is 7.95. The summed E-state index contributed by atoms with van der Waals surface area (Å²) in [6, 6.07) is 0. The Kier molecular flexibility index (Phi) is 4.37. The highest BCUT2D eigenvalue weighted by Gasteiger charge is 2.57. The van der Waals surface area contributed by atoms with Crippen LogP contribution in [0.2, 0.25) is 0 Å². The van der Waals surface area contributed by atoms with Gasteiger partial charge in [-0.25, -0.2) is 0 Å². The first-order valence-electron chi connectivity index (χ1n) is 11.0. The normalized spacial score (nSPS) is 52.0. The molecule has 4 aliphatic carbocycles. The van der Waals surface area contributed by atoms with Crippen LogP contribution in [0.4, 0.5) is 0 Å². The molecule has 0 heterocycles. The van der Waals surface area contributed by atoms with E-state index in [-0.39, 0.29) is 5.41 Å². The number of ketones is 1. The molecule has 0 aromatic heterocycles. The van der Waals surface area contributed by atoms with E-state index in [1.165, 1.54) is 70.6 Å². The lowest BCUT2D eigenvalue weighted by atomic mass is 9.45. The standard InChI is InChI=1S/C23H38O/c1-4-16-7-5-8-19-17-12-14-23(3)20(9-6-10-21(23)24)18(17)11-13-22(19,2)15-16/h16-20H,4-15H2,1-3H3. The minimum absolute atomic E-state index is 0.0455. The number of Topliss-reactive ketones (excluding diaryl/α,β-unsaturated/α-hetero) is 1. The van der Waals surface area contributed by atoms with Crippen molar-refractivity contribution in [2.75, 3.05) is 0 Å². The van der Waals surface area contributed by atoms with Gasteiger partial charge in [0.15, 0.2) is 0 Å². The van der Waals surface area contributed by atoms with Crippen molar-refractivity contribution < 1.29 is 4.79 Å². The second-order valence-electron chi connectivity index (χ2n) is 10.4. The highest BCUT2D eigenvalue weighted by molar-refractivity contribution is 5.85. The third kappa shape index (κ3) is 2.52. The lowest BCUT2D eigenvalue weighted by molar-refractivity contribution is -0.149. The average molecular weight is 331 g/mol. The maximum atomic E-state index is 12.7. The van der Waals surface area contributed by atoms with E-state index >= 15 is 0 Å². The van der Waals surface area contributed by atoms with Gasteiger partial charge in [-0.2, -0.15) is 0 Å². The van der Waals surface area contributed by atoms with Crippen molar-refractivity contribution in [2.45, 2.75) is 97.8 Å². The summed E-state index contributed by atoms with van der Waals surface area (Å²) in [6.45, 7) is 7.38. The molecule has 0 aromatic rings. The van der Waals surface area contributed by atoms with Crippen molar-refractivity contribution >= 4 is 5.78 Å². The summed E-state index contributed by atoms with van der Waals surface area (Å²) in [6.07, 6.45) is 16.0. The van der Waals surface area contributed by atoms with Crippen LogP contribution in [0.3, 0.4) is 0 Å². The largest absolute Gasteiger partial charge is 0.299 e. The Balaban J connectivity index is 1.60. The fourth-order valence-electron chi connectivity index (χ4n) is 7.95. The van der Waals surface area contributed by atoms with Crippen molar-refractivity contribution in [1.82, 2.24) is 0 Å². The maximum absolute atomic E-state index is 12.7. The van der Waals surface area contributed by atoms with E-state index in [2.05, 4.69) is 20.8 Å². The number of carbonyl (C=O) groups is 1. The molecule has 7 atom stereocenters. The van der Waals surface area contributed by atoms with Crippen LogP contribution >= 0.6 is 0 Å². The van der Waals surface area contributed by atoms with Gasteiger partial charge < -0.3 is 0 Å². The molecule has 0 saturated heterocycles. The Bertz CT molecular complexity index is 496. The van der Waals surface area contributed by atoms with E-state index in [4.69, 9.17) is 0 Å². The number of hydrogen-bond donors (Lipinski definition) is 0. The molecule has 0 aromatic carbocycles. The first-order valence-corrected chi connectivity index (χ1v) is 11.0. The predicted octanol–water partition coefficient (Wildman–Crippen LogP) is 6.40. The molecule has 136 valence electrons. The summed E-state index contributed by atoms with van der Waals surface area (Å²) >= 11 is 0. The van der Waals surface area contributed by atoms with Gasteiger partial charge in [-0.1, -0.05) is 40.0 Å². The van der Waals surface area contributed by atoms with Crippen LogP contribution in [0, 0.1) is 40.4 Å². The molecule has 4 rings (SSSR count). The van der Waals surface area contributed by atoms with Crippen LogP contribution in [-0.2, 0) is 4.79 Å². The van der Waals surface area contributed by atoms with Gasteiger partial charge >= 0.3 is 0 Å². The summed E-state index contributed by atoms with van der Waals surface area (Å²) in [5.74, 6) is 5.05. The smallest absolute Gasteiger partial charge is 0.139 e. The van der Waals surface area contributed by atoms with E-state index in [0.29, 0.717) is 17.1 Å². The van der Waals surface area contributed by atoms with Gasteiger partial charge in [0.2, 0.25) is 0 Å². The molecular weight excluding hydrogens is 292 g/mol. The van der Waals surface area contributed by atoms with Crippen LogP contribution in [0.15, 0.2) is 0 Å². The molecule has 4 aliphatic rings. The van der Waals surface area contributed by atoms with E-state index in [0.717, 1.165) is 30.1 Å². The van der Waals surface area contributed by atoms with Gasteiger partial charge in [0, 0.05) is 11.8 Å². The number of fused-ring (bicyclic) bond motifs is 5. The van der Waals surface area contributed by atoms with Gasteiger partial charge in [-0.05, 0) is 86.4 Å². The molecule has 0 bridgehead atoms. The van der Waals surface area contributed by atoms with Gasteiger partial charge in [0.25, 0.3) is 0 Å². The molecule has 4 saturated carbocycles. The Hall–Kier alpha value is -0.330. The molecule has 0 amide bonds. The van der Waals surface area contributed by atoms with Crippen LogP contribution in [-0.4, -0.2) is 5.78 Å². The zero-order valence-corrected chi connectivity index (χ0v) is 16.3. The summed E-state index contributed by atoms with van der Waals surface area (Å²) in [5.41, 5.74) is 0.647. The third-order valence-corrected chi connectivity index (χ3v) is 9.36. The van der Waals surface area contributed by atoms with Crippen molar-refractivity contribution in [3.05, 3.63) is 0 Å². The molecule has 0 N–H and O–H groups in total. The van der Waals surface area contributed by atoms with Crippen molar-refractivity contribution in [3.8, 4) is 0 Å². The molecular formula is C23H38O. The Labute approximate surface area is 149 Å². The summed E-state index contributed by atoms with van der Waals surface area (Å²) in [4.78, 5) is 12.7. The molecule has 0 radical (unpaired) electrons. The molecule has 1 heteroatoms. The predicted molar refractivity (Wildman–Crippen MR) is 99.7 cm³/mol. The molecule has 0 spiro atoms. The topological polar surface area (TPSA) is 17.1 Å². The van der Waals surface area contributed by atoms with E-state index in [1.807, 2.05) is 0 Å². The summed E-state index contributed by atoms with van der Waals surface area (Å²) in [5, 5.41) is 0. The monoisotopic (exact) mass is 330 g/mol. The average Bonchev–Trinajstić information content (AvgIpc) is 2.74. The van der Waals surface area contributed by atoms with Crippen LogP contribution in [0.1, 0.15) is 97.8 Å². The first-order chi connectivity index (χ1) is 11.5. The van der Waals surface area contributed by atoms with Crippen molar-refractivity contribution in [3.63, 3.8) is 0 Å². The van der Waals surface area contributed by atoms with E-state index < -0.39 is 0 Å². The Morgan fingerprint density at radius 2 is 1.62 bits per heavy atom. The third-order valence-electron chi connectivity index (χ3n) is 9.36. The fraction of sp³-hybridized carbons (Fsp3) is 0.957. The molecule has 0 aliphatic heterocycles. The molecule has 7 unspecified atom stereocenters. The first kappa shape index (κ1) is 17.1. The SMILES string of the molecule is CCC1CCCC2C3CCC4(C)C(=O)CCCC4C3CCC2(C)C1. The molecule has 1 nitrogen and oxygen atoms in total. The van der Waals surface area contributed by atoms with E-state index in [9.17, 15) is 4.79 Å². The van der Waals surface area contributed by atoms with Gasteiger partial charge in [-0.15, -0.1) is 0 Å². The minimum atomic E-state index is 0.0455. The second-order valence-corrected chi connectivity index (χ2v) is 10.4. The van der Waals surface area contributed by atoms with E-state index in [1.54, 1.807) is 0 Å². The van der Waals surface area contributed by atoms with Crippen LogP contribution in [0.25, 0.3) is 0 Å². The molecule has 24 heavy (non-hydrogen) atoms. The lowest BCUT2D eigenvalue weighted by Crippen LogP contribution is -2.54. The van der Waals surface area contributed by atoms with Crippen molar-refractivity contribution in [2.24, 2.45) is 40.4 Å². The van der Waals surface area contributed by atoms with Gasteiger partial charge in [0.1, 0.15) is 5.78 Å². The Morgan fingerprint density at radius 1 is 0.917 bits per heavy atom. The molecule has 4 fully saturated rings. The summed E-state index contributed by atoms with van der Waals surface area (Å²) in [7, 11) is 0. The van der Waals surface area contributed by atoms with Gasteiger partial charge in [-0.3, -0.25) is 4.79 Å². The number of hydrogen-bond acceptors (Lipinski definition) is 1. The number of rotatable bonds is 1. The highest BCUT2D eigenvalue weighted by Crippen LogP contribution is 2.63. The zero-order valence-electron chi connectivity index (χ0n) is 16.3. The van der Waals surface area contributed by atoms with Crippen molar-refractivity contribution in [1.29, 1.82) is 0 Å². The zero-order chi connectivity index (χ0) is 16.9. The number of carbonyl (C=O) groups excluding carboxylic acids is 1. The quantitative estimate of drug-likeness (QED) is 0.543. The Morgan fingerprint density at radius 3 is 2.42 bits per heavy atom. The van der Waals surface area contributed by atoms with Crippen LogP contribution in [0.5, 0.6) is 0 Å². The highest BCUT2D eigenvalue weighted by atomic mass is 16.1.